The van der Waals surface area contributed by atoms with Gasteiger partial charge >= 0.3 is 5.97 Å². The van der Waals surface area contributed by atoms with Crippen molar-refractivity contribution in [2.75, 3.05) is 0 Å². The van der Waals surface area contributed by atoms with Gasteiger partial charge in [0.25, 0.3) is 6.43 Å². The van der Waals surface area contributed by atoms with Gasteiger partial charge in [-0.15, -0.1) is 0 Å². The van der Waals surface area contributed by atoms with Crippen molar-refractivity contribution < 1.29 is 18.7 Å². The Balaban J connectivity index is 3.22. The molecule has 4 nitrogen and oxygen atoms in total. The maximum absolute atomic E-state index is 12.6. The molecule has 0 radical (unpaired) electrons. The Kier molecular flexibility index (Phi) is 3.89. The minimum atomic E-state index is -2.66. The lowest BCUT2D eigenvalue weighted by Crippen LogP contribution is -2.11. The van der Waals surface area contributed by atoms with Crippen molar-refractivity contribution in [3.05, 3.63) is 28.6 Å². The van der Waals surface area contributed by atoms with Crippen molar-refractivity contribution in [3.63, 3.8) is 0 Å². The molecule has 0 saturated heterocycles. The highest BCUT2D eigenvalue weighted by Crippen LogP contribution is 2.24. The number of rotatable bonds is 4. The third kappa shape index (κ3) is 2.73. The molecule has 0 saturated carbocycles. The van der Waals surface area contributed by atoms with E-state index in [-0.39, 0.29) is 29.8 Å². The summed E-state index contributed by atoms with van der Waals surface area (Å²) in [6, 6.07) is 1.17. The summed E-state index contributed by atoms with van der Waals surface area (Å²) in [5, 5.41) is 8.63. The van der Waals surface area contributed by atoms with Crippen LogP contribution in [0, 0.1) is 6.92 Å². The molecule has 0 aliphatic carbocycles. The molecule has 0 unspecified atom stereocenters. The van der Waals surface area contributed by atoms with Crippen molar-refractivity contribution >= 4 is 5.97 Å². The van der Waals surface area contributed by atoms with E-state index in [1.165, 1.54) is 13.0 Å². The number of hydrogen-bond donors (Lipinski definition) is 2. The van der Waals surface area contributed by atoms with Crippen LogP contribution in [0.4, 0.5) is 8.78 Å². The maximum Gasteiger partial charge on any atom is 0.307 e. The van der Waals surface area contributed by atoms with Crippen molar-refractivity contribution in [2.45, 2.75) is 26.3 Å². The van der Waals surface area contributed by atoms with Gasteiger partial charge in [0.05, 0.1) is 12.1 Å². The number of hydrogen-bond acceptors (Lipinski definition) is 3. The predicted octanol–water partition coefficient (Wildman–Crippen LogP) is 1.41. The van der Waals surface area contributed by atoms with Gasteiger partial charge in [-0.3, -0.25) is 9.78 Å². The molecule has 0 aliphatic heterocycles. The fourth-order valence-electron chi connectivity index (χ4n) is 1.43. The SMILES string of the molecule is Cc1nc(CN)c(CC(=O)O)cc1C(F)F. The Bertz CT molecular complexity index is 408. The number of carboxylic acid groups (broad SMARTS) is 1. The zero-order valence-corrected chi connectivity index (χ0v) is 8.70. The van der Waals surface area contributed by atoms with Gasteiger partial charge in [0.2, 0.25) is 0 Å². The highest BCUT2D eigenvalue weighted by molar-refractivity contribution is 5.70. The Morgan fingerprint density at radius 1 is 1.62 bits per heavy atom. The van der Waals surface area contributed by atoms with Crippen LogP contribution in [-0.2, 0) is 17.8 Å². The third-order valence-corrected chi connectivity index (χ3v) is 2.19. The number of nitrogens with two attached hydrogens (primary N) is 1. The van der Waals surface area contributed by atoms with E-state index in [9.17, 15) is 13.6 Å². The van der Waals surface area contributed by atoms with Crippen LogP contribution in [0.15, 0.2) is 6.07 Å². The van der Waals surface area contributed by atoms with Crippen LogP contribution < -0.4 is 5.73 Å². The second-order valence-electron chi connectivity index (χ2n) is 3.34. The van der Waals surface area contributed by atoms with Crippen molar-refractivity contribution in [3.8, 4) is 0 Å². The molecule has 1 aromatic heterocycles. The fraction of sp³-hybridized carbons (Fsp3) is 0.400. The number of carbonyl (C=O) groups is 1. The van der Waals surface area contributed by atoms with Crippen LogP contribution in [0.25, 0.3) is 0 Å². The number of pyridine rings is 1. The zero-order chi connectivity index (χ0) is 12.3. The van der Waals surface area contributed by atoms with Crippen molar-refractivity contribution in [2.24, 2.45) is 5.73 Å². The first-order valence-electron chi connectivity index (χ1n) is 4.65. The summed E-state index contributed by atoms with van der Waals surface area (Å²) < 4.78 is 25.1. The Morgan fingerprint density at radius 2 is 2.25 bits per heavy atom. The number of alkyl halides is 2. The molecular weight excluding hydrogens is 218 g/mol. The third-order valence-electron chi connectivity index (χ3n) is 2.19. The molecule has 0 aromatic carbocycles. The Labute approximate surface area is 91.1 Å². The molecule has 88 valence electrons. The van der Waals surface area contributed by atoms with E-state index in [4.69, 9.17) is 10.8 Å². The summed E-state index contributed by atoms with van der Waals surface area (Å²) in [5.74, 6) is -1.10. The molecule has 0 bridgehead atoms. The molecular formula is C10H12F2N2O2. The first-order valence-corrected chi connectivity index (χ1v) is 4.65. The van der Waals surface area contributed by atoms with E-state index in [2.05, 4.69) is 4.98 Å². The van der Waals surface area contributed by atoms with E-state index in [0.717, 1.165) is 0 Å². The lowest BCUT2D eigenvalue weighted by molar-refractivity contribution is -0.136. The number of carboxylic acids is 1. The van der Waals surface area contributed by atoms with Gasteiger partial charge in [-0.05, 0) is 18.6 Å². The maximum atomic E-state index is 12.6. The molecule has 1 rings (SSSR count). The predicted molar refractivity (Wildman–Crippen MR) is 53.2 cm³/mol. The van der Waals surface area contributed by atoms with Gasteiger partial charge in [0, 0.05) is 17.8 Å². The number of aryl methyl sites for hydroxylation is 1. The summed E-state index contributed by atoms with van der Waals surface area (Å²) in [6.07, 6.45) is -3.01. The normalized spacial score (nSPS) is 10.8. The quantitative estimate of drug-likeness (QED) is 0.820. The Hall–Kier alpha value is -1.56. The molecule has 0 fully saturated rings. The van der Waals surface area contributed by atoms with E-state index < -0.39 is 12.4 Å². The molecule has 1 aromatic rings. The monoisotopic (exact) mass is 230 g/mol. The first-order chi connectivity index (χ1) is 7.45. The van der Waals surface area contributed by atoms with Crippen LogP contribution in [0.3, 0.4) is 0 Å². The van der Waals surface area contributed by atoms with Crippen molar-refractivity contribution in [1.82, 2.24) is 4.98 Å². The van der Waals surface area contributed by atoms with Crippen LogP contribution in [0.1, 0.15) is 28.9 Å². The molecule has 1 heterocycles. The summed E-state index contributed by atoms with van der Waals surface area (Å²) >= 11 is 0. The second-order valence-corrected chi connectivity index (χ2v) is 3.34. The highest BCUT2D eigenvalue weighted by Gasteiger charge is 2.16. The van der Waals surface area contributed by atoms with Gasteiger partial charge in [0.15, 0.2) is 0 Å². The molecule has 0 aliphatic rings. The average molecular weight is 230 g/mol. The number of aromatic nitrogens is 1. The number of halogens is 2. The fourth-order valence-corrected chi connectivity index (χ4v) is 1.43. The lowest BCUT2D eigenvalue weighted by Gasteiger charge is -2.10. The van der Waals surface area contributed by atoms with Crippen LogP contribution in [-0.4, -0.2) is 16.1 Å². The van der Waals surface area contributed by atoms with Gasteiger partial charge in [0.1, 0.15) is 0 Å². The summed E-state index contributed by atoms with van der Waals surface area (Å²) in [7, 11) is 0. The largest absolute Gasteiger partial charge is 0.481 e. The standard InChI is InChI=1S/C10H12F2N2O2/c1-5-7(10(11)12)2-6(3-9(15)16)8(4-13)14-5/h2,10H,3-4,13H2,1H3,(H,15,16). The summed E-state index contributed by atoms with van der Waals surface area (Å²) in [4.78, 5) is 14.4. The van der Waals surface area contributed by atoms with Crippen LogP contribution >= 0.6 is 0 Å². The molecule has 0 spiro atoms. The van der Waals surface area contributed by atoms with Gasteiger partial charge < -0.3 is 10.8 Å². The topological polar surface area (TPSA) is 76.2 Å². The van der Waals surface area contributed by atoms with Gasteiger partial charge in [-0.1, -0.05) is 0 Å². The highest BCUT2D eigenvalue weighted by atomic mass is 19.3. The van der Waals surface area contributed by atoms with Crippen molar-refractivity contribution in [1.29, 1.82) is 0 Å². The molecule has 6 heteroatoms. The smallest absolute Gasteiger partial charge is 0.307 e. The Morgan fingerprint density at radius 3 is 2.69 bits per heavy atom. The van der Waals surface area contributed by atoms with E-state index in [0.29, 0.717) is 5.69 Å². The number of aliphatic carboxylic acids is 1. The molecule has 0 atom stereocenters. The molecule has 16 heavy (non-hydrogen) atoms. The summed E-state index contributed by atoms with van der Waals surface area (Å²) in [5.41, 5.74) is 5.92. The minimum absolute atomic E-state index is 0.0347. The molecule has 0 amide bonds. The average Bonchev–Trinajstić information content (AvgIpc) is 2.18. The minimum Gasteiger partial charge on any atom is -0.481 e. The van der Waals surface area contributed by atoms with Gasteiger partial charge in [-0.2, -0.15) is 0 Å². The van der Waals surface area contributed by atoms with Gasteiger partial charge in [-0.25, -0.2) is 8.78 Å². The zero-order valence-electron chi connectivity index (χ0n) is 8.70. The van der Waals surface area contributed by atoms with E-state index in [1.54, 1.807) is 0 Å². The number of nitrogens with zero attached hydrogens (tertiary/aromatic N) is 1. The second kappa shape index (κ2) is 4.98. The summed E-state index contributed by atoms with van der Waals surface area (Å²) in [6.45, 7) is 1.48. The van der Waals surface area contributed by atoms with Crippen LogP contribution in [0.5, 0.6) is 0 Å². The van der Waals surface area contributed by atoms with E-state index >= 15 is 0 Å². The van der Waals surface area contributed by atoms with E-state index in [1.807, 2.05) is 0 Å². The van der Waals surface area contributed by atoms with Crippen LogP contribution in [0.2, 0.25) is 0 Å². The molecule has 3 N–H and O–H groups in total. The first kappa shape index (κ1) is 12.5. The lowest BCUT2D eigenvalue weighted by atomic mass is 10.1.